The maximum absolute atomic E-state index is 5.77. The van der Waals surface area contributed by atoms with E-state index in [-0.39, 0.29) is 0 Å². The first kappa shape index (κ1) is 10.5. The lowest BCUT2D eigenvalue weighted by Crippen LogP contribution is -2.09. The zero-order valence-electron chi connectivity index (χ0n) is 9.27. The molecule has 3 rings (SSSR count). The first-order valence-electron chi connectivity index (χ1n) is 5.65. The molecule has 0 amide bonds. The fourth-order valence-corrected chi connectivity index (χ4v) is 2.30. The standard InChI is InChI=1S/C13H12N2OS/c17-13-14-7-6-11(15-13)10-5-1-3-9-4-2-8-16-12(9)10/h1,3,5-7H,2,4,8H2,(H,14,15,17). The van der Waals surface area contributed by atoms with Gasteiger partial charge >= 0.3 is 0 Å². The normalized spacial score (nSPS) is 13.9. The maximum Gasteiger partial charge on any atom is 0.197 e. The quantitative estimate of drug-likeness (QED) is 0.783. The Morgan fingerprint density at radius 1 is 1.29 bits per heavy atom. The molecule has 0 bridgehead atoms. The van der Waals surface area contributed by atoms with E-state index in [2.05, 4.69) is 22.1 Å². The SMILES string of the molecule is S=c1nccc(-c2cccc3c2OCCC3)[nH]1. The number of fused-ring (bicyclic) bond motifs is 1. The van der Waals surface area contributed by atoms with Crippen LogP contribution in [0.1, 0.15) is 12.0 Å². The fraction of sp³-hybridized carbons (Fsp3) is 0.231. The van der Waals surface area contributed by atoms with Crippen molar-refractivity contribution < 1.29 is 4.74 Å². The average Bonchev–Trinajstić information content (AvgIpc) is 2.38. The molecule has 2 heterocycles. The van der Waals surface area contributed by atoms with E-state index in [1.807, 2.05) is 12.1 Å². The zero-order chi connectivity index (χ0) is 11.7. The molecule has 1 N–H and O–H groups in total. The van der Waals surface area contributed by atoms with Crippen LogP contribution in [0.4, 0.5) is 0 Å². The number of ether oxygens (including phenoxy) is 1. The number of benzene rings is 1. The van der Waals surface area contributed by atoms with E-state index in [0.29, 0.717) is 4.77 Å². The molecule has 3 nitrogen and oxygen atoms in total. The minimum absolute atomic E-state index is 0.496. The molecule has 1 aliphatic heterocycles. The van der Waals surface area contributed by atoms with Gasteiger partial charge in [0, 0.05) is 11.8 Å². The number of H-pyrrole nitrogens is 1. The lowest BCUT2D eigenvalue weighted by molar-refractivity contribution is 0.289. The van der Waals surface area contributed by atoms with Crippen LogP contribution in [0.2, 0.25) is 0 Å². The second-order valence-electron chi connectivity index (χ2n) is 4.03. The summed E-state index contributed by atoms with van der Waals surface area (Å²) in [4.78, 5) is 7.09. The summed E-state index contributed by atoms with van der Waals surface area (Å²) in [6, 6.07) is 8.14. The molecule has 1 aliphatic rings. The molecule has 2 aromatic rings. The first-order valence-corrected chi connectivity index (χ1v) is 6.06. The van der Waals surface area contributed by atoms with Crippen LogP contribution in [-0.2, 0) is 6.42 Å². The highest BCUT2D eigenvalue weighted by Gasteiger charge is 2.15. The Labute approximate surface area is 104 Å². The van der Waals surface area contributed by atoms with Crippen molar-refractivity contribution in [2.24, 2.45) is 0 Å². The summed E-state index contributed by atoms with van der Waals surface area (Å²) in [6.07, 6.45) is 3.88. The summed E-state index contributed by atoms with van der Waals surface area (Å²) in [7, 11) is 0. The number of rotatable bonds is 1. The van der Waals surface area contributed by atoms with Gasteiger partial charge in [0.25, 0.3) is 0 Å². The number of nitrogens with one attached hydrogen (secondary N) is 1. The van der Waals surface area contributed by atoms with Gasteiger partial charge in [-0.2, -0.15) is 0 Å². The maximum atomic E-state index is 5.77. The van der Waals surface area contributed by atoms with Crippen LogP contribution < -0.4 is 4.74 Å². The Morgan fingerprint density at radius 3 is 3.12 bits per heavy atom. The monoisotopic (exact) mass is 244 g/mol. The van der Waals surface area contributed by atoms with Crippen LogP contribution in [0.5, 0.6) is 5.75 Å². The molecule has 0 aliphatic carbocycles. The third-order valence-electron chi connectivity index (χ3n) is 2.90. The Kier molecular flexibility index (Phi) is 2.65. The summed E-state index contributed by atoms with van der Waals surface area (Å²) in [5.74, 6) is 0.982. The van der Waals surface area contributed by atoms with Gasteiger partial charge < -0.3 is 9.72 Å². The largest absolute Gasteiger partial charge is 0.493 e. The van der Waals surface area contributed by atoms with Crippen molar-refractivity contribution >= 4 is 12.2 Å². The van der Waals surface area contributed by atoms with Crippen molar-refractivity contribution in [3.8, 4) is 17.0 Å². The molecule has 0 spiro atoms. The second-order valence-corrected chi connectivity index (χ2v) is 4.42. The molecule has 86 valence electrons. The van der Waals surface area contributed by atoms with Crippen molar-refractivity contribution in [1.82, 2.24) is 9.97 Å². The Morgan fingerprint density at radius 2 is 2.24 bits per heavy atom. The lowest BCUT2D eigenvalue weighted by atomic mass is 10.0. The molecule has 1 aromatic carbocycles. The van der Waals surface area contributed by atoms with Crippen molar-refractivity contribution in [2.75, 3.05) is 6.61 Å². The third-order valence-corrected chi connectivity index (χ3v) is 3.11. The van der Waals surface area contributed by atoms with Crippen LogP contribution in [0, 0.1) is 4.77 Å². The number of para-hydroxylation sites is 1. The molecular formula is C13H12N2OS. The number of nitrogens with zero attached hydrogens (tertiary/aromatic N) is 1. The van der Waals surface area contributed by atoms with Crippen molar-refractivity contribution in [2.45, 2.75) is 12.8 Å². The topological polar surface area (TPSA) is 37.9 Å². The lowest BCUT2D eigenvalue weighted by Gasteiger charge is -2.20. The van der Waals surface area contributed by atoms with Gasteiger partial charge in [-0.3, -0.25) is 0 Å². The number of aromatic amines is 1. The summed E-state index contributed by atoms with van der Waals surface area (Å²) < 4.78 is 6.27. The molecule has 0 atom stereocenters. The highest BCUT2D eigenvalue weighted by molar-refractivity contribution is 7.71. The van der Waals surface area contributed by atoms with Gasteiger partial charge in [-0.25, -0.2) is 4.98 Å². The number of aromatic nitrogens is 2. The fourth-order valence-electron chi connectivity index (χ4n) is 2.13. The highest BCUT2D eigenvalue weighted by atomic mass is 32.1. The number of hydrogen-bond donors (Lipinski definition) is 1. The van der Waals surface area contributed by atoms with Gasteiger partial charge in [-0.1, -0.05) is 12.1 Å². The van der Waals surface area contributed by atoms with E-state index in [4.69, 9.17) is 17.0 Å². The van der Waals surface area contributed by atoms with Crippen LogP contribution >= 0.6 is 12.2 Å². The molecule has 1 aromatic heterocycles. The van der Waals surface area contributed by atoms with E-state index < -0.39 is 0 Å². The van der Waals surface area contributed by atoms with Gasteiger partial charge in [0.2, 0.25) is 0 Å². The summed E-state index contributed by atoms with van der Waals surface area (Å²) in [5, 5.41) is 0. The number of hydrogen-bond acceptors (Lipinski definition) is 3. The van der Waals surface area contributed by atoms with Gasteiger partial charge in [-0.05, 0) is 42.8 Å². The van der Waals surface area contributed by atoms with Gasteiger partial charge in [0.05, 0.1) is 12.3 Å². The first-order chi connectivity index (χ1) is 8.34. The van der Waals surface area contributed by atoms with E-state index >= 15 is 0 Å². The van der Waals surface area contributed by atoms with Crippen LogP contribution in [0.25, 0.3) is 11.3 Å². The van der Waals surface area contributed by atoms with E-state index in [9.17, 15) is 0 Å². The molecule has 17 heavy (non-hydrogen) atoms. The summed E-state index contributed by atoms with van der Waals surface area (Å²) >= 11 is 5.05. The van der Waals surface area contributed by atoms with E-state index in [1.54, 1.807) is 6.20 Å². The molecule has 0 unspecified atom stereocenters. The smallest absolute Gasteiger partial charge is 0.197 e. The summed E-state index contributed by atoms with van der Waals surface area (Å²) in [6.45, 7) is 0.788. The predicted molar refractivity (Wildman–Crippen MR) is 68.7 cm³/mol. The van der Waals surface area contributed by atoms with Crippen LogP contribution in [0.3, 0.4) is 0 Å². The molecule has 4 heteroatoms. The molecule has 0 fully saturated rings. The van der Waals surface area contributed by atoms with Gasteiger partial charge in [0.15, 0.2) is 4.77 Å². The van der Waals surface area contributed by atoms with E-state index in [1.165, 1.54) is 5.56 Å². The second kappa shape index (κ2) is 4.30. The molecule has 0 radical (unpaired) electrons. The minimum Gasteiger partial charge on any atom is -0.493 e. The third kappa shape index (κ3) is 1.96. The zero-order valence-corrected chi connectivity index (χ0v) is 10.1. The highest BCUT2D eigenvalue weighted by Crippen LogP contribution is 2.34. The van der Waals surface area contributed by atoms with Crippen molar-refractivity contribution in [1.29, 1.82) is 0 Å². The van der Waals surface area contributed by atoms with Crippen LogP contribution in [-0.4, -0.2) is 16.6 Å². The Balaban J connectivity index is 2.18. The minimum atomic E-state index is 0.496. The summed E-state index contributed by atoms with van der Waals surface area (Å²) in [5.41, 5.74) is 3.30. The number of aryl methyl sites for hydroxylation is 1. The Bertz CT molecular complexity index is 606. The van der Waals surface area contributed by atoms with E-state index in [0.717, 1.165) is 36.5 Å². The van der Waals surface area contributed by atoms with Gasteiger partial charge in [-0.15, -0.1) is 0 Å². The molecule has 0 saturated heterocycles. The molecule has 0 saturated carbocycles. The van der Waals surface area contributed by atoms with Gasteiger partial charge in [0.1, 0.15) is 5.75 Å². The van der Waals surface area contributed by atoms with Crippen LogP contribution in [0.15, 0.2) is 30.5 Å². The van der Waals surface area contributed by atoms with Crippen molar-refractivity contribution in [3.05, 3.63) is 40.8 Å². The predicted octanol–water partition coefficient (Wildman–Crippen LogP) is 3.13. The van der Waals surface area contributed by atoms with Crippen molar-refractivity contribution in [3.63, 3.8) is 0 Å². The molecular weight excluding hydrogens is 232 g/mol. The Hall–Kier alpha value is -1.68. The average molecular weight is 244 g/mol.